The van der Waals surface area contributed by atoms with E-state index in [1.54, 1.807) is 12.1 Å². The molecule has 1 aliphatic rings. The van der Waals surface area contributed by atoms with Crippen molar-refractivity contribution in [2.45, 2.75) is 32.3 Å². The first kappa shape index (κ1) is 11.7. The van der Waals surface area contributed by atoms with Gasteiger partial charge in [-0.2, -0.15) is 0 Å². The number of ketones is 1. The molecule has 1 heterocycles. The summed E-state index contributed by atoms with van der Waals surface area (Å²) in [5, 5.41) is 0.797. The molecule has 1 unspecified atom stereocenters. The first-order chi connectivity index (χ1) is 7.45. The summed E-state index contributed by atoms with van der Waals surface area (Å²) >= 11 is 11.8. The molecule has 0 saturated heterocycles. The fourth-order valence-electron chi connectivity index (χ4n) is 1.76. The molecule has 86 valence electrons. The Labute approximate surface area is 104 Å². The summed E-state index contributed by atoms with van der Waals surface area (Å²) in [6.07, 6.45) is 1.16. The van der Waals surface area contributed by atoms with Crippen molar-refractivity contribution in [3.8, 4) is 5.75 Å². The van der Waals surface area contributed by atoms with Crippen LogP contribution in [0.3, 0.4) is 0 Å². The number of hydrogen-bond donors (Lipinski definition) is 0. The van der Waals surface area contributed by atoms with Crippen molar-refractivity contribution in [3.63, 3.8) is 0 Å². The van der Waals surface area contributed by atoms with E-state index < -0.39 is 5.60 Å². The maximum Gasteiger partial charge on any atom is 0.170 e. The standard InChI is InChI=1S/C12H12Cl2O2/c1-3-12(2)6-10(15)7-4-8(13)9(14)5-11(7)16-12/h4-5H,3,6H2,1-2H3. The number of carbonyl (C=O) groups is 1. The lowest BCUT2D eigenvalue weighted by Gasteiger charge is -2.34. The van der Waals surface area contributed by atoms with E-state index in [2.05, 4.69) is 0 Å². The lowest BCUT2D eigenvalue weighted by molar-refractivity contribution is 0.0499. The molecule has 0 N–H and O–H groups in total. The first-order valence-corrected chi connectivity index (χ1v) is 5.92. The molecule has 2 nitrogen and oxygen atoms in total. The van der Waals surface area contributed by atoms with Crippen molar-refractivity contribution in [3.05, 3.63) is 27.7 Å². The Hall–Kier alpha value is -0.730. The molecule has 0 bridgehead atoms. The number of halogens is 2. The van der Waals surface area contributed by atoms with Crippen LogP contribution in [0.1, 0.15) is 37.0 Å². The Kier molecular flexibility index (Phi) is 2.89. The average Bonchev–Trinajstić information content (AvgIpc) is 2.21. The molecule has 0 spiro atoms. The molecule has 0 aromatic heterocycles. The molecule has 0 saturated carbocycles. The largest absolute Gasteiger partial charge is 0.486 e. The maximum atomic E-state index is 11.9. The Morgan fingerprint density at radius 1 is 1.38 bits per heavy atom. The van der Waals surface area contributed by atoms with Crippen molar-refractivity contribution in [1.82, 2.24) is 0 Å². The van der Waals surface area contributed by atoms with Gasteiger partial charge in [0.2, 0.25) is 0 Å². The molecular weight excluding hydrogens is 247 g/mol. The van der Waals surface area contributed by atoms with Crippen LogP contribution in [0.4, 0.5) is 0 Å². The van der Waals surface area contributed by atoms with Crippen LogP contribution in [0.25, 0.3) is 0 Å². The zero-order valence-corrected chi connectivity index (χ0v) is 10.7. The summed E-state index contributed by atoms with van der Waals surface area (Å²) in [4.78, 5) is 11.9. The third-order valence-electron chi connectivity index (χ3n) is 2.96. The summed E-state index contributed by atoms with van der Waals surface area (Å²) in [5.41, 5.74) is 0.0988. The van der Waals surface area contributed by atoms with Gasteiger partial charge in [0.15, 0.2) is 5.78 Å². The number of benzene rings is 1. The predicted octanol–water partition coefficient (Wildman–Crippen LogP) is 4.13. The zero-order valence-electron chi connectivity index (χ0n) is 9.14. The fraction of sp³-hybridized carbons (Fsp3) is 0.417. The number of hydrogen-bond acceptors (Lipinski definition) is 2. The van der Waals surface area contributed by atoms with Gasteiger partial charge >= 0.3 is 0 Å². The predicted molar refractivity (Wildman–Crippen MR) is 64.7 cm³/mol. The number of Topliss-reactive ketones (excluding diaryl/α,β-unsaturated/α-hetero) is 1. The lowest BCUT2D eigenvalue weighted by atomic mass is 9.89. The second-order valence-electron chi connectivity index (χ2n) is 4.27. The molecule has 2 rings (SSSR count). The summed E-state index contributed by atoms with van der Waals surface area (Å²) in [7, 11) is 0. The van der Waals surface area contributed by atoms with Crippen molar-refractivity contribution in [2.75, 3.05) is 0 Å². The number of rotatable bonds is 1. The lowest BCUT2D eigenvalue weighted by Crippen LogP contribution is -2.38. The second-order valence-corrected chi connectivity index (χ2v) is 5.08. The van der Waals surface area contributed by atoms with Crippen LogP contribution >= 0.6 is 23.2 Å². The van der Waals surface area contributed by atoms with Crippen LogP contribution in [0, 0.1) is 0 Å². The van der Waals surface area contributed by atoms with E-state index in [-0.39, 0.29) is 5.78 Å². The minimum Gasteiger partial charge on any atom is -0.486 e. The topological polar surface area (TPSA) is 26.3 Å². The van der Waals surface area contributed by atoms with Gasteiger partial charge in [0.1, 0.15) is 11.4 Å². The van der Waals surface area contributed by atoms with Gasteiger partial charge in [0.25, 0.3) is 0 Å². The minimum atomic E-state index is -0.429. The normalized spacial score (nSPS) is 23.9. The summed E-state index contributed by atoms with van der Waals surface area (Å²) in [6.45, 7) is 3.92. The van der Waals surface area contributed by atoms with Gasteiger partial charge < -0.3 is 4.74 Å². The van der Waals surface area contributed by atoms with E-state index in [1.165, 1.54) is 0 Å². The van der Waals surface area contributed by atoms with Crippen molar-refractivity contribution >= 4 is 29.0 Å². The van der Waals surface area contributed by atoms with E-state index in [0.717, 1.165) is 6.42 Å². The molecular formula is C12H12Cl2O2. The second kappa shape index (κ2) is 3.94. The number of fused-ring (bicyclic) bond motifs is 1. The van der Waals surface area contributed by atoms with Gasteiger partial charge in [0, 0.05) is 6.07 Å². The Morgan fingerprint density at radius 2 is 2.00 bits per heavy atom. The fourth-order valence-corrected chi connectivity index (χ4v) is 2.08. The van der Waals surface area contributed by atoms with Gasteiger partial charge in [-0.15, -0.1) is 0 Å². The SMILES string of the molecule is CCC1(C)CC(=O)c2cc(Cl)c(Cl)cc2O1. The molecule has 1 aliphatic heterocycles. The highest BCUT2D eigenvalue weighted by molar-refractivity contribution is 6.42. The van der Waals surface area contributed by atoms with Crippen LogP contribution in [0.2, 0.25) is 10.0 Å². The Morgan fingerprint density at radius 3 is 2.62 bits per heavy atom. The highest BCUT2D eigenvalue weighted by atomic mass is 35.5. The maximum absolute atomic E-state index is 11.9. The minimum absolute atomic E-state index is 0.0594. The molecule has 0 aliphatic carbocycles. The Balaban J connectivity index is 2.51. The number of ether oxygens (including phenoxy) is 1. The van der Waals surface area contributed by atoms with Gasteiger partial charge in [0.05, 0.1) is 22.0 Å². The average molecular weight is 259 g/mol. The Bertz CT molecular complexity index is 457. The monoisotopic (exact) mass is 258 g/mol. The third kappa shape index (κ3) is 1.92. The molecule has 4 heteroatoms. The summed E-state index contributed by atoms with van der Waals surface area (Å²) in [6, 6.07) is 3.20. The molecule has 1 aromatic carbocycles. The highest BCUT2D eigenvalue weighted by Gasteiger charge is 2.35. The highest BCUT2D eigenvalue weighted by Crippen LogP contribution is 2.39. The zero-order chi connectivity index (χ0) is 11.9. The van der Waals surface area contributed by atoms with Gasteiger partial charge in [-0.3, -0.25) is 4.79 Å². The molecule has 1 aromatic rings. The van der Waals surface area contributed by atoms with Crippen LogP contribution in [0.15, 0.2) is 12.1 Å². The third-order valence-corrected chi connectivity index (χ3v) is 3.68. The quantitative estimate of drug-likeness (QED) is 0.758. The molecule has 0 amide bonds. The number of carbonyl (C=O) groups excluding carboxylic acids is 1. The van der Waals surface area contributed by atoms with Gasteiger partial charge in [-0.25, -0.2) is 0 Å². The molecule has 0 fully saturated rings. The summed E-state index contributed by atoms with van der Waals surface area (Å²) in [5.74, 6) is 0.596. The van der Waals surface area contributed by atoms with Crippen LogP contribution in [-0.4, -0.2) is 11.4 Å². The molecule has 1 atom stereocenters. The molecule has 0 radical (unpaired) electrons. The van der Waals surface area contributed by atoms with Crippen LogP contribution < -0.4 is 4.74 Å². The van der Waals surface area contributed by atoms with E-state index in [0.29, 0.717) is 27.8 Å². The van der Waals surface area contributed by atoms with Gasteiger partial charge in [-0.1, -0.05) is 30.1 Å². The van der Waals surface area contributed by atoms with Crippen molar-refractivity contribution in [2.24, 2.45) is 0 Å². The van der Waals surface area contributed by atoms with Crippen LogP contribution in [0.5, 0.6) is 5.75 Å². The van der Waals surface area contributed by atoms with E-state index in [4.69, 9.17) is 27.9 Å². The summed E-state index contributed by atoms with van der Waals surface area (Å²) < 4.78 is 5.81. The van der Waals surface area contributed by atoms with Gasteiger partial charge in [-0.05, 0) is 19.4 Å². The smallest absolute Gasteiger partial charge is 0.170 e. The van der Waals surface area contributed by atoms with E-state index in [9.17, 15) is 4.79 Å². The van der Waals surface area contributed by atoms with E-state index in [1.807, 2.05) is 13.8 Å². The van der Waals surface area contributed by atoms with Crippen molar-refractivity contribution in [1.29, 1.82) is 0 Å². The molecule has 16 heavy (non-hydrogen) atoms. The van der Waals surface area contributed by atoms with Crippen LogP contribution in [-0.2, 0) is 0 Å². The van der Waals surface area contributed by atoms with Crippen molar-refractivity contribution < 1.29 is 9.53 Å². The first-order valence-electron chi connectivity index (χ1n) is 5.16. The van der Waals surface area contributed by atoms with E-state index >= 15 is 0 Å².